The van der Waals surface area contributed by atoms with Gasteiger partial charge in [-0.25, -0.2) is 9.18 Å². The number of rotatable bonds is 6. The van der Waals surface area contributed by atoms with Crippen molar-refractivity contribution in [3.8, 4) is 0 Å². The molecular weight excluding hydrogens is 457 g/mol. The second-order valence-electron chi connectivity index (χ2n) is 10.5. The molecule has 1 fully saturated rings. The molecule has 4 atom stereocenters. The fourth-order valence-electron chi connectivity index (χ4n) is 6.92. The number of anilines is 1. The summed E-state index contributed by atoms with van der Waals surface area (Å²) in [6, 6.07) is 7.56. The van der Waals surface area contributed by atoms with E-state index < -0.39 is 0 Å². The van der Waals surface area contributed by atoms with Crippen LogP contribution in [0, 0.1) is 23.1 Å². The van der Waals surface area contributed by atoms with Crippen LogP contribution in [0.2, 0.25) is 0 Å². The van der Waals surface area contributed by atoms with E-state index in [1.165, 1.54) is 22.9 Å². The number of aryl methyl sites for hydroxylation is 1. The van der Waals surface area contributed by atoms with Crippen molar-refractivity contribution in [2.45, 2.75) is 58.3 Å². The molecule has 6 nitrogen and oxygen atoms in total. The summed E-state index contributed by atoms with van der Waals surface area (Å²) in [6.07, 6.45) is 10.9. The fourth-order valence-corrected chi connectivity index (χ4v) is 6.92. The zero-order valence-corrected chi connectivity index (χ0v) is 21.0. The molecular formula is C29H34FN3O3. The molecule has 0 bridgehead atoms. The number of nitrogens with zero attached hydrogens (tertiary/aromatic N) is 1. The normalized spacial score (nSPS) is 26.2. The topological polar surface area (TPSA) is 80.3 Å². The summed E-state index contributed by atoms with van der Waals surface area (Å²) in [5, 5.41) is 5.61. The Morgan fingerprint density at radius 3 is 2.89 bits per heavy atom. The van der Waals surface area contributed by atoms with E-state index in [2.05, 4.69) is 40.8 Å². The van der Waals surface area contributed by atoms with Gasteiger partial charge in [-0.15, -0.1) is 0 Å². The highest BCUT2D eigenvalue weighted by molar-refractivity contribution is 5.89. The van der Waals surface area contributed by atoms with Crippen LogP contribution in [-0.4, -0.2) is 30.1 Å². The Bertz CT molecular complexity index is 1200. The summed E-state index contributed by atoms with van der Waals surface area (Å²) in [4.78, 5) is 27.8. The molecule has 3 aliphatic carbocycles. The number of allylic oxidation sites excluding steroid dienone is 2. The molecule has 1 aromatic heterocycles. The molecule has 2 aromatic rings. The van der Waals surface area contributed by atoms with Gasteiger partial charge in [0, 0.05) is 18.4 Å². The lowest BCUT2D eigenvalue weighted by Crippen LogP contribution is -2.41. The number of pyridine rings is 1. The second-order valence-corrected chi connectivity index (χ2v) is 10.5. The summed E-state index contributed by atoms with van der Waals surface area (Å²) in [5.74, 6) is 1.06. The van der Waals surface area contributed by atoms with E-state index in [9.17, 15) is 14.0 Å². The third kappa shape index (κ3) is 4.63. The predicted molar refractivity (Wildman–Crippen MR) is 137 cm³/mol. The third-order valence-electron chi connectivity index (χ3n) is 8.50. The lowest BCUT2D eigenvalue weighted by molar-refractivity contribution is -0.142. The number of aromatic nitrogens is 1. The number of hydrogen-bond donors (Lipinski definition) is 2. The number of urea groups is 1. The quantitative estimate of drug-likeness (QED) is 0.497. The number of hydrogen-bond acceptors (Lipinski definition) is 4. The molecule has 0 spiro atoms. The van der Waals surface area contributed by atoms with E-state index in [0.29, 0.717) is 24.4 Å². The Morgan fingerprint density at radius 1 is 1.22 bits per heavy atom. The SMILES string of the molecule is CCOC(=O)CCNC(=O)Nc1ccc2c(c1)CC[C@@H]1[C@@H]2CC[C@]2(C)C(c3cncc(F)c3)=CC[C@@H]12. The standard InChI is InChI=1S/C29H34FN3O3/c1-3-36-27(34)11-13-32-28(35)33-21-5-7-22-18(15-21)4-6-24-23(22)10-12-29(2)25(8-9-26(24)29)19-14-20(30)17-31-16-19/h5,7-8,14-17,23-24,26H,3-4,6,9-13H2,1-2H3,(H2,32,33,35)/t23-,24-,26+,29-/m1/s1. The van der Waals surface area contributed by atoms with Crippen LogP contribution in [0.3, 0.4) is 0 Å². The summed E-state index contributed by atoms with van der Waals surface area (Å²) in [7, 11) is 0. The highest BCUT2D eigenvalue weighted by Gasteiger charge is 2.51. The fraction of sp³-hybridized carbons (Fsp3) is 0.483. The Hall–Kier alpha value is -3.22. The zero-order valence-electron chi connectivity index (χ0n) is 21.0. The van der Waals surface area contributed by atoms with Crippen molar-refractivity contribution < 1.29 is 18.7 Å². The molecule has 3 aliphatic rings. The average Bonchev–Trinajstić information content (AvgIpc) is 3.21. The molecule has 1 saturated carbocycles. The van der Waals surface area contributed by atoms with E-state index in [0.717, 1.165) is 43.4 Å². The first-order valence-electron chi connectivity index (χ1n) is 13.0. The van der Waals surface area contributed by atoms with Crippen molar-refractivity contribution in [1.29, 1.82) is 0 Å². The van der Waals surface area contributed by atoms with Gasteiger partial charge in [0.25, 0.3) is 0 Å². The predicted octanol–water partition coefficient (Wildman–Crippen LogP) is 5.85. The van der Waals surface area contributed by atoms with Gasteiger partial charge in [0.2, 0.25) is 0 Å². The summed E-state index contributed by atoms with van der Waals surface area (Å²) < 4.78 is 18.8. The monoisotopic (exact) mass is 491 g/mol. The minimum Gasteiger partial charge on any atom is -0.466 e. The average molecular weight is 492 g/mol. The van der Waals surface area contributed by atoms with Gasteiger partial charge in [-0.2, -0.15) is 0 Å². The number of halogens is 1. The molecule has 0 saturated heterocycles. The Morgan fingerprint density at radius 2 is 2.08 bits per heavy atom. The Kier molecular flexibility index (Phi) is 6.82. The number of amides is 2. The van der Waals surface area contributed by atoms with E-state index >= 15 is 0 Å². The van der Waals surface area contributed by atoms with Crippen molar-refractivity contribution >= 4 is 23.3 Å². The van der Waals surface area contributed by atoms with Crippen molar-refractivity contribution in [2.24, 2.45) is 17.3 Å². The van der Waals surface area contributed by atoms with Crippen LogP contribution < -0.4 is 10.6 Å². The lowest BCUT2D eigenvalue weighted by Gasteiger charge is -2.50. The molecule has 2 N–H and O–H groups in total. The van der Waals surface area contributed by atoms with Gasteiger partial charge in [-0.05, 0) is 103 Å². The van der Waals surface area contributed by atoms with E-state index in [1.807, 2.05) is 6.07 Å². The van der Waals surface area contributed by atoms with Crippen LogP contribution in [0.5, 0.6) is 0 Å². The summed E-state index contributed by atoms with van der Waals surface area (Å²) in [5.41, 5.74) is 5.72. The first-order chi connectivity index (χ1) is 17.4. The largest absolute Gasteiger partial charge is 0.466 e. The molecule has 7 heteroatoms. The van der Waals surface area contributed by atoms with Gasteiger partial charge >= 0.3 is 12.0 Å². The van der Waals surface area contributed by atoms with Crippen molar-refractivity contribution in [1.82, 2.24) is 10.3 Å². The van der Waals surface area contributed by atoms with Gasteiger partial charge < -0.3 is 15.4 Å². The molecule has 1 aromatic carbocycles. The first kappa shape index (κ1) is 24.5. The maximum absolute atomic E-state index is 13.9. The molecule has 0 aliphatic heterocycles. The van der Waals surface area contributed by atoms with Crippen molar-refractivity contribution in [3.05, 3.63) is 65.2 Å². The number of carbonyl (C=O) groups excluding carboxylic acids is 2. The second kappa shape index (κ2) is 10.0. The third-order valence-corrected chi connectivity index (χ3v) is 8.50. The van der Waals surface area contributed by atoms with E-state index in [4.69, 9.17) is 4.74 Å². The summed E-state index contributed by atoms with van der Waals surface area (Å²) in [6.45, 7) is 4.70. The van der Waals surface area contributed by atoms with Crippen LogP contribution in [0.25, 0.3) is 5.57 Å². The van der Waals surface area contributed by atoms with E-state index in [-0.39, 0.29) is 36.2 Å². The number of benzene rings is 1. The van der Waals surface area contributed by atoms with Crippen molar-refractivity contribution in [2.75, 3.05) is 18.5 Å². The maximum atomic E-state index is 13.9. The molecule has 0 unspecified atom stereocenters. The number of ether oxygens (including phenoxy) is 1. The van der Waals surface area contributed by atoms with E-state index in [1.54, 1.807) is 19.2 Å². The number of nitrogens with one attached hydrogen (secondary N) is 2. The van der Waals surface area contributed by atoms with Gasteiger partial charge in [-0.1, -0.05) is 19.1 Å². The molecule has 5 rings (SSSR count). The molecule has 1 heterocycles. The first-order valence-corrected chi connectivity index (χ1v) is 13.0. The van der Waals surface area contributed by atoms with Crippen LogP contribution in [-0.2, 0) is 16.0 Å². The van der Waals surface area contributed by atoms with Crippen molar-refractivity contribution in [3.63, 3.8) is 0 Å². The maximum Gasteiger partial charge on any atom is 0.319 e. The van der Waals surface area contributed by atoms with Crippen LogP contribution >= 0.6 is 0 Å². The van der Waals surface area contributed by atoms with Gasteiger partial charge in [-0.3, -0.25) is 9.78 Å². The highest BCUT2D eigenvalue weighted by atomic mass is 19.1. The molecule has 190 valence electrons. The molecule has 2 amide bonds. The van der Waals surface area contributed by atoms with Gasteiger partial charge in [0.15, 0.2) is 0 Å². The van der Waals surface area contributed by atoms with Gasteiger partial charge in [0.05, 0.1) is 19.2 Å². The summed E-state index contributed by atoms with van der Waals surface area (Å²) >= 11 is 0. The number of fused-ring (bicyclic) bond motifs is 5. The zero-order chi connectivity index (χ0) is 25.3. The Labute approximate surface area is 211 Å². The minimum atomic E-state index is -0.322. The van der Waals surface area contributed by atoms with Crippen LogP contribution in [0.1, 0.15) is 68.6 Å². The molecule has 36 heavy (non-hydrogen) atoms. The number of esters is 1. The Balaban J connectivity index is 1.25. The van der Waals surface area contributed by atoms with Crippen LogP contribution in [0.4, 0.5) is 14.9 Å². The molecule has 0 radical (unpaired) electrons. The van der Waals surface area contributed by atoms with Crippen LogP contribution in [0.15, 0.2) is 42.7 Å². The van der Waals surface area contributed by atoms with Gasteiger partial charge in [0.1, 0.15) is 5.82 Å². The smallest absolute Gasteiger partial charge is 0.319 e. The number of carbonyl (C=O) groups is 2. The minimum absolute atomic E-state index is 0.0529. The lowest BCUT2D eigenvalue weighted by atomic mass is 9.54. The highest BCUT2D eigenvalue weighted by Crippen LogP contribution is 2.63.